The average molecular weight is 385 g/mol. The molecule has 9 nitrogen and oxygen atoms in total. The fourth-order valence-corrected chi connectivity index (χ4v) is 2.45. The molecule has 0 saturated carbocycles. The molecule has 0 unspecified atom stereocenters. The monoisotopic (exact) mass is 385 g/mol. The summed E-state index contributed by atoms with van der Waals surface area (Å²) in [5.74, 6) is -1.60. The van der Waals surface area contributed by atoms with Gasteiger partial charge in [0.15, 0.2) is 0 Å². The molecule has 0 radical (unpaired) electrons. The highest BCUT2D eigenvalue weighted by atomic mass is 16.6. The van der Waals surface area contributed by atoms with Crippen molar-refractivity contribution in [2.45, 2.75) is 20.8 Å². The Morgan fingerprint density at radius 3 is 2.32 bits per heavy atom. The van der Waals surface area contributed by atoms with Gasteiger partial charge in [-0.2, -0.15) is 0 Å². The number of anilines is 2. The molecule has 146 valence electrons. The van der Waals surface area contributed by atoms with E-state index in [-0.39, 0.29) is 23.6 Å². The Kier molecular flexibility index (Phi) is 6.43. The van der Waals surface area contributed by atoms with E-state index in [0.29, 0.717) is 11.4 Å². The summed E-state index contributed by atoms with van der Waals surface area (Å²) < 4.78 is 4.85. The number of nitrogens with one attached hydrogen (secondary N) is 2. The Labute approximate surface area is 160 Å². The van der Waals surface area contributed by atoms with Gasteiger partial charge < -0.3 is 15.4 Å². The normalized spacial score (nSPS) is 10.1. The summed E-state index contributed by atoms with van der Waals surface area (Å²) in [5.41, 5.74) is 1.22. The second-order valence-corrected chi connectivity index (χ2v) is 5.91. The predicted octanol–water partition coefficient (Wildman–Crippen LogP) is 3.29. The van der Waals surface area contributed by atoms with E-state index < -0.39 is 22.5 Å². The Bertz CT molecular complexity index is 955. The maximum absolute atomic E-state index is 12.5. The molecule has 0 fully saturated rings. The summed E-state index contributed by atoms with van der Waals surface area (Å²) in [6.07, 6.45) is 0. The molecule has 2 N–H and O–H groups in total. The quantitative estimate of drug-likeness (QED) is 0.446. The zero-order valence-electron chi connectivity index (χ0n) is 15.6. The van der Waals surface area contributed by atoms with Crippen LogP contribution < -0.4 is 10.6 Å². The van der Waals surface area contributed by atoms with Crippen molar-refractivity contribution in [3.05, 3.63) is 63.2 Å². The molecule has 2 aromatic carbocycles. The zero-order valence-corrected chi connectivity index (χ0v) is 15.6. The number of hydrogen-bond donors (Lipinski definition) is 2. The van der Waals surface area contributed by atoms with Crippen molar-refractivity contribution in [3.8, 4) is 0 Å². The fraction of sp³-hybridized carbons (Fsp3) is 0.211. The number of nitro benzene ring substituents is 1. The first-order valence-electron chi connectivity index (χ1n) is 8.37. The molecule has 0 aliphatic carbocycles. The van der Waals surface area contributed by atoms with Crippen molar-refractivity contribution in [1.82, 2.24) is 0 Å². The smallest absolute Gasteiger partial charge is 0.338 e. The maximum Gasteiger partial charge on any atom is 0.338 e. The highest BCUT2D eigenvalue weighted by molar-refractivity contribution is 6.06. The minimum atomic E-state index is -0.754. The van der Waals surface area contributed by atoms with Gasteiger partial charge in [-0.15, -0.1) is 0 Å². The number of esters is 1. The van der Waals surface area contributed by atoms with Crippen LogP contribution in [0.3, 0.4) is 0 Å². The van der Waals surface area contributed by atoms with E-state index >= 15 is 0 Å². The van der Waals surface area contributed by atoms with Crippen LogP contribution in [-0.4, -0.2) is 29.3 Å². The van der Waals surface area contributed by atoms with E-state index in [9.17, 15) is 24.5 Å². The fourth-order valence-electron chi connectivity index (χ4n) is 2.45. The van der Waals surface area contributed by atoms with Crippen molar-refractivity contribution < 1.29 is 24.0 Å². The van der Waals surface area contributed by atoms with Crippen LogP contribution in [-0.2, 0) is 9.53 Å². The van der Waals surface area contributed by atoms with Crippen LogP contribution in [0.2, 0.25) is 0 Å². The SMILES string of the molecule is CCOC(=O)c1cc(C(=O)Nc2ccc(NC(C)=O)c(C)c2)cc([N+](=O)[O-])c1. The largest absolute Gasteiger partial charge is 0.462 e. The zero-order chi connectivity index (χ0) is 20.8. The van der Waals surface area contributed by atoms with Crippen molar-refractivity contribution >= 4 is 34.8 Å². The lowest BCUT2D eigenvalue weighted by molar-refractivity contribution is -0.384. The minimum Gasteiger partial charge on any atom is -0.462 e. The van der Waals surface area contributed by atoms with E-state index in [1.807, 2.05) is 0 Å². The molecule has 0 aliphatic rings. The summed E-state index contributed by atoms with van der Waals surface area (Å²) >= 11 is 0. The van der Waals surface area contributed by atoms with E-state index in [2.05, 4.69) is 10.6 Å². The Hall–Kier alpha value is -3.75. The number of non-ortho nitro benzene ring substituents is 1. The standard InChI is InChI=1S/C19H19N3O6/c1-4-28-19(25)14-8-13(9-16(10-14)22(26)27)18(24)21-15-5-6-17(11(2)7-15)20-12(3)23/h5-10H,4H2,1-3H3,(H,20,23)(H,21,24). The minimum absolute atomic E-state index is 0.0548. The molecule has 0 spiro atoms. The summed E-state index contributed by atoms with van der Waals surface area (Å²) in [6.45, 7) is 4.85. The van der Waals surface area contributed by atoms with Gasteiger partial charge in [-0.25, -0.2) is 4.79 Å². The van der Waals surface area contributed by atoms with Crippen LogP contribution in [0.15, 0.2) is 36.4 Å². The van der Waals surface area contributed by atoms with Gasteiger partial charge in [-0.1, -0.05) is 0 Å². The number of rotatable bonds is 6. The molecule has 28 heavy (non-hydrogen) atoms. The van der Waals surface area contributed by atoms with Gasteiger partial charge in [-0.05, 0) is 43.7 Å². The van der Waals surface area contributed by atoms with E-state index in [4.69, 9.17) is 4.74 Å². The van der Waals surface area contributed by atoms with Crippen LogP contribution in [0.25, 0.3) is 0 Å². The lowest BCUT2D eigenvalue weighted by Gasteiger charge is -2.11. The van der Waals surface area contributed by atoms with Crippen molar-refractivity contribution in [2.24, 2.45) is 0 Å². The predicted molar refractivity (Wildman–Crippen MR) is 102 cm³/mol. The first kappa shape index (κ1) is 20.6. The van der Waals surface area contributed by atoms with Crippen LogP contribution in [0, 0.1) is 17.0 Å². The van der Waals surface area contributed by atoms with Crippen LogP contribution in [0.5, 0.6) is 0 Å². The number of carbonyl (C=O) groups is 3. The van der Waals surface area contributed by atoms with Gasteiger partial charge in [0, 0.05) is 36.0 Å². The molecule has 0 heterocycles. The molecule has 2 aromatic rings. The van der Waals surface area contributed by atoms with Crippen molar-refractivity contribution in [1.29, 1.82) is 0 Å². The molecule has 0 bridgehead atoms. The number of nitrogens with zero attached hydrogens (tertiary/aromatic N) is 1. The molecule has 2 rings (SSSR count). The van der Waals surface area contributed by atoms with Crippen LogP contribution in [0.1, 0.15) is 40.1 Å². The lowest BCUT2D eigenvalue weighted by atomic mass is 10.1. The van der Waals surface area contributed by atoms with Gasteiger partial charge in [0.2, 0.25) is 5.91 Å². The highest BCUT2D eigenvalue weighted by Crippen LogP contribution is 2.22. The Morgan fingerprint density at radius 1 is 1.07 bits per heavy atom. The third kappa shape index (κ3) is 5.13. The molecule has 2 amide bonds. The topological polar surface area (TPSA) is 128 Å². The average Bonchev–Trinajstić information content (AvgIpc) is 2.63. The number of amides is 2. The maximum atomic E-state index is 12.5. The van der Waals surface area contributed by atoms with Gasteiger partial charge in [-0.3, -0.25) is 19.7 Å². The van der Waals surface area contributed by atoms with Gasteiger partial charge in [0.05, 0.1) is 17.1 Å². The van der Waals surface area contributed by atoms with Crippen molar-refractivity contribution in [3.63, 3.8) is 0 Å². The van der Waals surface area contributed by atoms with E-state index in [1.54, 1.807) is 32.0 Å². The number of benzene rings is 2. The number of hydrogen-bond acceptors (Lipinski definition) is 6. The van der Waals surface area contributed by atoms with Gasteiger partial charge >= 0.3 is 5.97 Å². The third-order valence-electron chi connectivity index (χ3n) is 3.70. The second kappa shape index (κ2) is 8.76. The van der Waals surface area contributed by atoms with Crippen molar-refractivity contribution in [2.75, 3.05) is 17.2 Å². The molecular weight excluding hydrogens is 366 g/mol. The van der Waals surface area contributed by atoms with Crippen LogP contribution in [0.4, 0.5) is 17.1 Å². The van der Waals surface area contributed by atoms with E-state index in [0.717, 1.165) is 17.7 Å². The summed E-state index contributed by atoms with van der Waals surface area (Å²) in [4.78, 5) is 46.0. The number of carbonyl (C=O) groups excluding carboxylic acids is 3. The van der Waals surface area contributed by atoms with Gasteiger partial charge in [0.25, 0.3) is 11.6 Å². The number of nitro groups is 1. The summed E-state index contributed by atoms with van der Waals surface area (Å²) in [6, 6.07) is 8.23. The summed E-state index contributed by atoms with van der Waals surface area (Å²) in [5, 5.41) is 16.4. The second-order valence-electron chi connectivity index (χ2n) is 5.91. The molecule has 9 heteroatoms. The Balaban J connectivity index is 2.30. The molecule has 0 aromatic heterocycles. The van der Waals surface area contributed by atoms with E-state index in [1.165, 1.54) is 13.0 Å². The molecule has 0 atom stereocenters. The molecular formula is C19H19N3O6. The first-order valence-corrected chi connectivity index (χ1v) is 8.37. The molecule has 0 aliphatic heterocycles. The number of ether oxygens (including phenoxy) is 1. The lowest BCUT2D eigenvalue weighted by Crippen LogP contribution is -2.15. The number of aryl methyl sites for hydroxylation is 1. The first-order chi connectivity index (χ1) is 13.2. The third-order valence-corrected chi connectivity index (χ3v) is 3.70. The van der Waals surface area contributed by atoms with Gasteiger partial charge in [0.1, 0.15) is 0 Å². The Morgan fingerprint density at radius 2 is 1.75 bits per heavy atom. The van der Waals surface area contributed by atoms with Crippen LogP contribution >= 0.6 is 0 Å². The highest BCUT2D eigenvalue weighted by Gasteiger charge is 2.19. The summed E-state index contributed by atoms with van der Waals surface area (Å²) in [7, 11) is 0. The molecule has 0 saturated heterocycles.